The van der Waals surface area contributed by atoms with Crippen LogP contribution in [0.5, 0.6) is 0 Å². The van der Waals surface area contributed by atoms with Crippen LogP contribution < -0.4 is 5.32 Å². The van der Waals surface area contributed by atoms with Gasteiger partial charge >= 0.3 is 11.9 Å². The molecule has 2 aromatic carbocycles. The van der Waals surface area contributed by atoms with Gasteiger partial charge in [-0.3, -0.25) is 15.1 Å². The number of allylic oxidation sites excluding steroid dienone is 2. The van der Waals surface area contributed by atoms with Crippen molar-refractivity contribution >= 4 is 23.7 Å². The topological polar surface area (TPSA) is 141 Å². The highest BCUT2D eigenvalue weighted by molar-refractivity contribution is 5.99. The molecule has 0 fully saturated rings. The molecule has 0 saturated carbocycles. The molecular weight excluding hydrogens is 598 g/mol. The van der Waals surface area contributed by atoms with Gasteiger partial charge in [-0.05, 0) is 67.0 Å². The number of benzene rings is 2. The number of hydrogen-bond donors (Lipinski definition) is 2. The van der Waals surface area contributed by atoms with E-state index >= 15 is 0 Å². The number of pyridine rings is 1. The minimum absolute atomic E-state index is 0.0480. The zero-order chi connectivity index (χ0) is 34.1. The number of esters is 1. The van der Waals surface area contributed by atoms with Crippen LogP contribution in [0, 0.1) is 16.0 Å². The lowest BCUT2D eigenvalue weighted by molar-refractivity contribution is -0.384. The van der Waals surface area contributed by atoms with E-state index in [2.05, 4.69) is 46.7 Å². The summed E-state index contributed by atoms with van der Waals surface area (Å²) in [5, 5.41) is 24.5. The molecule has 1 aromatic heterocycles. The number of carboxylic acids is 1. The van der Waals surface area contributed by atoms with Gasteiger partial charge in [0, 0.05) is 42.3 Å². The van der Waals surface area contributed by atoms with Crippen LogP contribution in [0.4, 0.5) is 5.69 Å². The normalized spacial score (nSPS) is 15.8. The molecule has 2 unspecified atom stereocenters. The Morgan fingerprint density at radius 1 is 1.04 bits per heavy atom. The number of nitro benzene ring substituents is 1. The molecule has 2 N–H and O–H groups in total. The van der Waals surface area contributed by atoms with E-state index in [0.717, 1.165) is 23.1 Å². The zero-order valence-electron chi connectivity index (χ0n) is 27.4. The van der Waals surface area contributed by atoms with Crippen molar-refractivity contribution in [2.45, 2.75) is 59.5 Å². The Labute approximate surface area is 275 Å². The van der Waals surface area contributed by atoms with Crippen LogP contribution in [-0.2, 0) is 25.5 Å². The number of hydrogen-bond acceptors (Lipinski definition) is 8. The lowest BCUT2D eigenvalue weighted by atomic mass is 9.80. The number of carbonyl (C=O) groups excluding carboxylic acids is 1. The van der Waals surface area contributed by atoms with E-state index in [-0.39, 0.29) is 35.5 Å². The van der Waals surface area contributed by atoms with Crippen molar-refractivity contribution in [2.75, 3.05) is 13.2 Å². The number of nitrogens with zero attached hydrogens (tertiary/aromatic N) is 2. The first-order valence-electron chi connectivity index (χ1n) is 15.5. The van der Waals surface area contributed by atoms with Crippen LogP contribution in [0.3, 0.4) is 0 Å². The van der Waals surface area contributed by atoms with Gasteiger partial charge in [0.2, 0.25) is 0 Å². The van der Waals surface area contributed by atoms with Crippen molar-refractivity contribution in [3.8, 4) is 0 Å². The summed E-state index contributed by atoms with van der Waals surface area (Å²) in [6, 6.07) is 18.0. The van der Waals surface area contributed by atoms with Crippen LogP contribution >= 0.6 is 0 Å². The standard InChI is InChI=1S/C37H41N3O7/c1-23(2)32(47-22-24(3)18-27-11-13-28(14-12-27)19-29-8-7-16-38-21-29)15-17-46-37(43)34-26(5)39-25(4)33(36(41)42)35(34)30-9-6-10-31(20-30)40(44)45/h6-14,16,18,20-21,23,32,35,39H,15,17,19,22H2,1-5H3,(H,41,42). The summed E-state index contributed by atoms with van der Waals surface area (Å²) in [5.41, 5.74) is 5.40. The molecule has 2 atom stereocenters. The third kappa shape index (κ3) is 9.23. The Kier molecular flexibility index (Phi) is 11.8. The Bertz CT molecular complexity index is 1690. The van der Waals surface area contributed by atoms with Crippen molar-refractivity contribution in [3.05, 3.63) is 134 Å². The van der Waals surface area contributed by atoms with E-state index in [4.69, 9.17) is 9.47 Å². The monoisotopic (exact) mass is 639 g/mol. The predicted octanol–water partition coefficient (Wildman–Crippen LogP) is 6.98. The Morgan fingerprint density at radius 2 is 1.77 bits per heavy atom. The molecule has 10 nitrogen and oxygen atoms in total. The largest absolute Gasteiger partial charge is 0.478 e. The number of nitrogens with one attached hydrogen (secondary N) is 1. The van der Waals surface area contributed by atoms with Gasteiger partial charge in [0.1, 0.15) is 0 Å². The second kappa shape index (κ2) is 16.0. The van der Waals surface area contributed by atoms with E-state index in [1.54, 1.807) is 26.1 Å². The molecule has 0 aliphatic carbocycles. The SMILES string of the molecule is CC(=Cc1ccc(Cc2cccnc2)cc1)COC(CCOC(=O)C1=C(C)NC(C)=C(C(=O)O)C1c1cccc([N+](=O)[O-])c1)C(C)C. The third-order valence-electron chi connectivity index (χ3n) is 8.05. The second-order valence-electron chi connectivity index (χ2n) is 12.1. The third-order valence-corrected chi connectivity index (χ3v) is 8.05. The summed E-state index contributed by atoms with van der Waals surface area (Å²) in [6.45, 7) is 9.79. The number of aromatic nitrogens is 1. The van der Waals surface area contributed by atoms with Crippen LogP contribution in [0.15, 0.2) is 101 Å². The van der Waals surface area contributed by atoms with Crippen molar-refractivity contribution in [1.29, 1.82) is 0 Å². The molecule has 1 aliphatic heterocycles. The van der Waals surface area contributed by atoms with Crippen LogP contribution in [0.2, 0.25) is 0 Å². The first-order valence-corrected chi connectivity index (χ1v) is 15.5. The molecule has 246 valence electrons. The van der Waals surface area contributed by atoms with E-state index in [9.17, 15) is 24.8 Å². The minimum Gasteiger partial charge on any atom is -0.478 e. The van der Waals surface area contributed by atoms with Gasteiger partial charge in [0.05, 0.1) is 41.3 Å². The fourth-order valence-electron chi connectivity index (χ4n) is 5.69. The van der Waals surface area contributed by atoms with Gasteiger partial charge < -0.3 is 19.9 Å². The molecule has 0 saturated heterocycles. The number of non-ortho nitro benzene ring substituents is 1. The second-order valence-corrected chi connectivity index (χ2v) is 12.1. The number of carboxylic acid groups (broad SMARTS) is 1. The summed E-state index contributed by atoms with van der Waals surface area (Å²) in [6.07, 6.45) is 6.78. The van der Waals surface area contributed by atoms with Crippen molar-refractivity contribution < 1.29 is 29.1 Å². The maximum atomic E-state index is 13.5. The average Bonchev–Trinajstić information content (AvgIpc) is 3.03. The average molecular weight is 640 g/mol. The van der Waals surface area contributed by atoms with Crippen LogP contribution in [0.1, 0.15) is 69.2 Å². The number of rotatable bonds is 14. The molecule has 1 aliphatic rings. The lowest BCUT2D eigenvalue weighted by Gasteiger charge is -2.30. The maximum absolute atomic E-state index is 13.5. The molecule has 0 spiro atoms. The summed E-state index contributed by atoms with van der Waals surface area (Å²) >= 11 is 0. The first-order chi connectivity index (χ1) is 22.4. The number of aliphatic carboxylic acids is 1. The Balaban J connectivity index is 1.39. The smallest absolute Gasteiger partial charge is 0.336 e. The summed E-state index contributed by atoms with van der Waals surface area (Å²) < 4.78 is 11.9. The minimum atomic E-state index is -1.23. The number of ether oxygens (including phenoxy) is 2. The van der Waals surface area contributed by atoms with Crippen LogP contribution in [-0.4, -0.2) is 46.3 Å². The summed E-state index contributed by atoms with van der Waals surface area (Å²) in [4.78, 5) is 40.9. The molecule has 10 heteroatoms. The Morgan fingerprint density at radius 3 is 2.40 bits per heavy atom. The van der Waals surface area contributed by atoms with Gasteiger partial charge in [-0.1, -0.05) is 62.4 Å². The Hall–Kier alpha value is -5.09. The maximum Gasteiger partial charge on any atom is 0.336 e. The van der Waals surface area contributed by atoms with Crippen LogP contribution in [0.25, 0.3) is 6.08 Å². The van der Waals surface area contributed by atoms with E-state index in [0.29, 0.717) is 30.0 Å². The highest BCUT2D eigenvalue weighted by Gasteiger charge is 2.38. The lowest BCUT2D eigenvalue weighted by Crippen LogP contribution is -2.32. The molecule has 3 aromatic rings. The molecule has 4 rings (SSSR count). The van der Waals surface area contributed by atoms with E-state index < -0.39 is 22.8 Å². The fraction of sp³-hybridized carbons (Fsp3) is 0.324. The highest BCUT2D eigenvalue weighted by Crippen LogP contribution is 2.39. The van der Waals surface area contributed by atoms with Gasteiger partial charge in [-0.15, -0.1) is 0 Å². The molecule has 0 amide bonds. The molecule has 0 radical (unpaired) electrons. The molecule has 47 heavy (non-hydrogen) atoms. The van der Waals surface area contributed by atoms with Gasteiger partial charge in [-0.2, -0.15) is 0 Å². The van der Waals surface area contributed by atoms with E-state index in [1.165, 1.54) is 23.8 Å². The first kappa shape index (κ1) is 34.8. The van der Waals surface area contributed by atoms with Crippen molar-refractivity contribution in [3.63, 3.8) is 0 Å². The van der Waals surface area contributed by atoms with Crippen molar-refractivity contribution in [2.24, 2.45) is 5.92 Å². The quantitative estimate of drug-likeness (QED) is 0.109. The highest BCUT2D eigenvalue weighted by atomic mass is 16.6. The van der Waals surface area contributed by atoms with Gasteiger partial charge in [0.25, 0.3) is 5.69 Å². The molecule has 2 heterocycles. The molecular formula is C37H41N3O7. The zero-order valence-corrected chi connectivity index (χ0v) is 27.4. The van der Waals surface area contributed by atoms with Gasteiger partial charge in [0.15, 0.2) is 0 Å². The summed E-state index contributed by atoms with van der Waals surface area (Å²) in [7, 11) is 0. The number of nitro groups is 1. The van der Waals surface area contributed by atoms with E-state index in [1.807, 2.05) is 33.0 Å². The predicted molar refractivity (Wildman–Crippen MR) is 179 cm³/mol. The fourth-order valence-corrected chi connectivity index (χ4v) is 5.69. The summed E-state index contributed by atoms with van der Waals surface area (Å²) in [5.74, 6) is -2.83. The molecule has 0 bridgehead atoms. The number of dihydropyridines is 1. The van der Waals surface area contributed by atoms with Crippen molar-refractivity contribution in [1.82, 2.24) is 10.3 Å². The number of carbonyl (C=O) groups is 2. The van der Waals surface area contributed by atoms with Gasteiger partial charge in [-0.25, -0.2) is 9.59 Å².